The van der Waals surface area contributed by atoms with Crippen molar-refractivity contribution in [1.29, 1.82) is 0 Å². The summed E-state index contributed by atoms with van der Waals surface area (Å²) >= 11 is 1.53. The normalized spacial score (nSPS) is 12.8. The molecule has 0 saturated heterocycles. The summed E-state index contributed by atoms with van der Waals surface area (Å²) < 4.78 is 0. The smallest absolute Gasteiger partial charge is 0.303 e. The summed E-state index contributed by atoms with van der Waals surface area (Å²) in [6.45, 7) is 1.90. The largest absolute Gasteiger partial charge is 0.481 e. The van der Waals surface area contributed by atoms with E-state index < -0.39 is 5.97 Å². The van der Waals surface area contributed by atoms with Gasteiger partial charge in [0.1, 0.15) is 0 Å². The molecule has 5 heteroatoms. The Balaban J connectivity index is 2.48. The first kappa shape index (κ1) is 10.1. The first-order valence-electron chi connectivity index (χ1n) is 3.99. The summed E-state index contributed by atoms with van der Waals surface area (Å²) in [5.74, 6) is -0.817. The lowest BCUT2D eigenvalue weighted by Gasteiger charge is -2.05. The van der Waals surface area contributed by atoms with Gasteiger partial charge in [0.15, 0.2) is 0 Å². The van der Waals surface area contributed by atoms with E-state index in [1.165, 1.54) is 11.3 Å². The van der Waals surface area contributed by atoms with Gasteiger partial charge in [-0.1, -0.05) is 0 Å². The second-order valence-corrected chi connectivity index (χ2v) is 3.89. The number of aryl methyl sites for hydroxylation is 1. The quantitative estimate of drug-likeness (QED) is 0.768. The van der Waals surface area contributed by atoms with Crippen LogP contribution >= 0.6 is 11.3 Å². The second kappa shape index (κ2) is 4.34. The molecule has 1 rings (SSSR count). The number of aromatic nitrogens is 1. The molecule has 0 aliphatic heterocycles. The molecule has 0 bridgehead atoms. The summed E-state index contributed by atoms with van der Waals surface area (Å²) in [5.41, 5.74) is 6.53. The Hall–Kier alpha value is -0.940. The maximum absolute atomic E-state index is 10.3. The molecule has 13 heavy (non-hydrogen) atoms. The van der Waals surface area contributed by atoms with Crippen LogP contribution in [0.25, 0.3) is 0 Å². The first-order chi connectivity index (χ1) is 6.09. The van der Waals surface area contributed by atoms with Crippen LogP contribution in [-0.4, -0.2) is 16.1 Å². The summed E-state index contributed by atoms with van der Waals surface area (Å²) in [6, 6.07) is -0.249. The fraction of sp³-hybridized carbons (Fsp3) is 0.500. The van der Waals surface area contributed by atoms with Crippen molar-refractivity contribution in [3.8, 4) is 0 Å². The van der Waals surface area contributed by atoms with E-state index in [2.05, 4.69) is 4.98 Å². The Kier molecular flexibility index (Phi) is 3.39. The zero-order valence-electron chi connectivity index (χ0n) is 7.36. The Morgan fingerprint density at radius 1 is 1.85 bits per heavy atom. The molecule has 0 radical (unpaired) electrons. The molecular weight excluding hydrogens is 188 g/mol. The number of hydrogen-bond donors (Lipinski definition) is 2. The van der Waals surface area contributed by atoms with Crippen LogP contribution in [-0.2, 0) is 4.79 Å². The molecule has 0 spiro atoms. The van der Waals surface area contributed by atoms with Gasteiger partial charge in [-0.05, 0) is 13.3 Å². The fourth-order valence-electron chi connectivity index (χ4n) is 0.977. The molecule has 0 amide bonds. The maximum Gasteiger partial charge on any atom is 0.303 e. The summed E-state index contributed by atoms with van der Waals surface area (Å²) in [6.07, 6.45) is 0.538. The van der Waals surface area contributed by atoms with Crippen LogP contribution in [0.4, 0.5) is 0 Å². The molecule has 1 aromatic rings. The number of hydrogen-bond acceptors (Lipinski definition) is 4. The SMILES string of the molecule is Cc1nc(C(N)CCC(=O)O)cs1. The first-order valence-corrected chi connectivity index (χ1v) is 4.87. The highest BCUT2D eigenvalue weighted by Crippen LogP contribution is 2.17. The van der Waals surface area contributed by atoms with Crippen molar-refractivity contribution in [2.24, 2.45) is 5.73 Å². The molecule has 1 aromatic heterocycles. The summed E-state index contributed by atoms with van der Waals surface area (Å²) in [7, 11) is 0. The van der Waals surface area contributed by atoms with Crippen molar-refractivity contribution < 1.29 is 9.90 Å². The Labute approximate surface area is 80.4 Å². The number of carboxylic acids is 1. The third kappa shape index (κ3) is 3.12. The number of carboxylic acid groups (broad SMARTS) is 1. The average molecular weight is 200 g/mol. The van der Waals surface area contributed by atoms with E-state index in [1.54, 1.807) is 0 Å². The lowest BCUT2D eigenvalue weighted by Crippen LogP contribution is -2.12. The van der Waals surface area contributed by atoms with Gasteiger partial charge in [-0.2, -0.15) is 0 Å². The van der Waals surface area contributed by atoms with E-state index in [0.717, 1.165) is 10.7 Å². The number of rotatable bonds is 4. The number of aliphatic carboxylic acids is 1. The zero-order chi connectivity index (χ0) is 9.84. The molecule has 1 heterocycles. The van der Waals surface area contributed by atoms with E-state index in [9.17, 15) is 4.79 Å². The minimum Gasteiger partial charge on any atom is -0.481 e. The van der Waals surface area contributed by atoms with Crippen LogP contribution in [0.2, 0.25) is 0 Å². The minimum absolute atomic E-state index is 0.0950. The zero-order valence-corrected chi connectivity index (χ0v) is 8.17. The van der Waals surface area contributed by atoms with Crippen molar-refractivity contribution >= 4 is 17.3 Å². The third-order valence-electron chi connectivity index (χ3n) is 1.69. The molecule has 0 aliphatic carbocycles. The number of thiazole rings is 1. The van der Waals surface area contributed by atoms with Crippen LogP contribution in [0.15, 0.2) is 5.38 Å². The summed E-state index contributed by atoms with van der Waals surface area (Å²) in [4.78, 5) is 14.5. The fourth-order valence-corrected chi connectivity index (χ4v) is 1.65. The molecule has 4 nitrogen and oxygen atoms in total. The maximum atomic E-state index is 10.3. The monoisotopic (exact) mass is 200 g/mol. The van der Waals surface area contributed by atoms with Crippen LogP contribution in [0.1, 0.15) is 29.6 Å². The topological polar surface area (TPSA) is 76.2 Å². The molecule has 3 N–H and O–H groups in total. The van der Waals surface area contributed by atoms with E-state index in [0.29, 0.717) is 6.42 Å². The lowest BCUT2D eigenvalue weighted by atomic mass is 10.1. The Morgan fingerprint density at radius 2 is 2.54 bits per heavy atom. The summed E-state index contributed by atoms with van der Waals surface area (Å²) in [5, 5.41) is 11.3. The van der Waals surface area contributed by atoms with Gasteiger partial charge in [0.2, 0.25) is 0 Å². The van der Waals surface area contributed by atoms with Crippen LogP contribution in [0, 0.1) is 6.92 Å². The average Bonchev–Trinajstić information content (AvgIpc) is 2.47. The van der Waals surface area contributed by atoms with Gasteiger partial charge in [0.25, 0.3) is 0 Å². The van der Waals surface area contributed by atoms with Crippen LogP contribution in [0.3, 0.4) is 0 Å². The van der Waals surface area contributed by atoms with Crippen LogP contribution in [0.5, 0.6) is 0 Å². The standard InChI is InChI=1S/C8H12N2O2S/c1-5-10-7(4-13-5)6(9)2-3-8(11)12/h4,6H,2-3,9H2,1H3,(H,11,12). The molecule has 0 aromatic carbocycles. The highest BCUT2D eigenvalue weighted by Gasteiger charge is 2.10. The Morgan fingerprint density at radius 3 is 3.00 bits per heavy atom. The van der Waals surface area contributed by atoms with Crippen molar-refractivity contribution in [3.05, 3.63) is 16.1 Å². The number of carbonyl (C=O) groups is 1. The van der Waals surface area contributed by atoms with Crippen LogP contribution < -0.4 is 5.73 Å². The van der Waals surface area contributed by atoms with Gasteiger partial charge in [-0.15, -0.1) is 11.3 Å². The molecule has 0 fully saturated rings. The molecule has 0 saturated carbocycles. The van der Waals surface area contributed by atoms with E-state index in [-0.39, 0.29) is 12.5 Å². The van der Waals surface area contributed by atoms with Gasteiger partial charge >= 0.3 is 5.97 Å². The third-order valence-corrected chi connectivity index (χ3v) is 2.48. The number of nitrogens with two attached hydrogens (primary N) is 1. The van der Waals surface area contributed by atoms with Crippen molar-refractivity contribution in [2.45, 2.75) is 25.8 Å². The van der Waals surface area contributed by atoms with Gasteiger partial charge in [0, 0.05) is 17.8 Å². The highest BCUT2D eigenvalue weighted by atomic mass is 32.1. The molecule has 1 unspecified atom stereocenters. The van der Waals surface area contributed by atoms with Crippen molar-refractivity contribution in [1.82, 2.24) is 4.98 Å². The van der Waals surface area contributed by atoms with Gasteiger partial charge in [-0.25, -0.2) is 4.98 Å². The Bertz CT molecular complexity index is 298. The molecule has 0 aliphatic rings. The highest BCUT2D eigenvalue weighted by molar-refractivity contribution is 7.09. The van der Waals surface area contributed by atoms with E-state index in [4.69, 9.17) is 10.8 Å². The molecular formula is C8H12N2O2S. The van der Waals surface area contributed by atoms with Gasteiger partial charge < -0.3 is 10.8 Å². The second-order valence-electron chi connectivity index (χ2n) is 2.83. The van der Waals surface area contributed by atoms with E-state index in [1.807, 2.05) is 12.3 Å². The van der Waals surface area contributed by atoms with Gasteiger partial charge in [0.05, 0.1) is 10.7 Å². The molecule has 72 valence electrons. The van der Waals surface area contributed by atoms with Crippen molar-refractivity contribution in [3.63, 3.8) is 0 Å². The lowest BCUT2D eigenvalue weighted by molar-refractivity contribution is -0.137. The molecule has 1 atom stereocenters. The predicted octanol–water partition coefficient (Wildman–Crippen LogP) is 1.32. The minimum atomic E-state index is -0.817. The predicted molar refractivity (Wildman–Crippen MR) is 50.6 cm³/mol. The van der Waals surface area contributed by atoms with E-state index >= 15 is 0 Å². The number of nitrogens with zero attached hydrogens (tertiary/aromatic N) is 1. The van der Waals surface area contributed by atoms with Crippen molar-refractivity contribution in [2.75, 3.05) is 0 Å². The van der Waals surface area contributed by atoms with Gasteiger partial charge in [-0.3, -0.25) is 4.79 Å².